The van der Waals surface area contributed by atoms with Crippen molar-refractivity contribution in [2.45, 2.75) is 32.4 Å². The van der Waals surface area contributed by atoms with Gasteiger partial charge >= 0.3 is 0 Å². The summed E-state index contributed by atoms with van der Waals surface area (Å²) < 4.78 is 27.2. The van der Waals surface area contributed by atoms with Gasteiger partial charge in [0.25, 0.3) is 0 Å². The molecular formula is C28H31BrClN3O4S. The molecule has 0 aliphatic rings. The first-order chi connectivity index (χ1) is 18.1. The highest BCUT2D eigenvalue weighted by Gasteiger charge is 2.33. The zero-order valence-corrected chi connectivity index (χ0v) is 24.5. The number of hydrogen-bond acceptors (Lipinski definition) is 4. The monoisotopic (exact) mass is 619 g/mol. The molecule has 1 atom stereocenters. The Morgan fingerprint density at radius 1 is 0.947 bits per heavy atom. The van der Waals surface area contributed by atoms with Crippen molar-refractivity contribution in [1.82, 2.24) is 10.2 Å². The molecule has 0 heterocycles. The van der Waals surface area contributed by atoms with Crippen LogP contribution in [-0.4, -0.2) is 50.5 Å². The molecule has 3 aromatic carbocycles. The third-order valence-corrected chi connectivity index (χ3v) is 7.94. The fourth-order valence-corrected chi connectivity index (χ4v) is 5.56. The highest BCUT2D eigenvalue weighted by atomic mass is 79.9. The smallest absolute Gasteiger partial charge is 0.244 e. The van der Waals surface area contributed by atoms with Gasteiger partial charge in [-0.1, -0.05) is 73.1 Å². The predicted octanol–water partition coefficient (Wildman–Crippen LogP) is 5.03. The van der Waals surface area contributed by atoms with Gasteiger partial charge in [0.1, 0.15) is 12.6 Å². The van der Waals surface area contributed by atoms with Gasteiger partial charge in [-0.2, -0.15) is 0 Å². The summed E-state index contributed by atoms with van der Waals surface area (Å²) in [5, 5.41) is 3.46. The number of halogens is 2. The number of hydrogen-bond donors (Lipinski definition) is 1. The molecule has 10 heteroatoms. The third-order valence-electron chi connectivity index (χ3n) is 5.89. The molecule has 2 amide bonds. The zero-order chi connectivity index (χ0) is 27.7. The Labute approximate surface area is 238 Å². The van der Waals surface area contributed by atoms with Crippen LogP contribution in [0.2, 0.25) is 5.02 Å². The molecule has 0 saturated carbocycles. The number of para-hydroxylation sites is 1. The van der Waals surface area contributed by atoms with Crippen LogP contribution in [0.1, 0.15) is 24.5 Å². The molecule has 7 nitrogen and oxygen atoms in total. The van der Waals surface area contributed by atoms with Crippen molar-refractivity contribution in [2.24, 2.45) is 0 Å². The second-order valence-corrected chi connectivity index (χ2v) is 12.1. The van der Waals surface area contributed by atoms with Gasteiger partial charge < -0.3 is 10.2 Å². The lowest BCUT2D eigenvalue weighted by molar-refractivity contribution is -0.140. The van der Waals surface area contributed by atoms with E-state index in [1.165, 1.54) is 4.90 Å². The standard InChI is InChI=1S/C28H31BrClN3O4S/c1-3-17-31-28(35)26(18-21-9-5-4-6-10-21)32(19-22-13-15-23(30)16-14-22)27(34)20-33(38(2,36)37)25-12-8-7-11-24(25)29/h4-16,26H,3,17-20H2,1-2H3,(H,31,35)/t26-/m1/s1. The Kier molecular flexibility index (Phi) is 10.8. The Hall–Kier alpha value is -2.88. The first-order valence-electron chi connectivity index (χ1n) is 12.2. The van der Waals surface area contributed by atoms with E-state index in [1.807, 2.05) is 37.3 Å². The van der Waals surface area contributed by atoms with Gasteiger partial charge in [0.2, 0.25) is 21.8 Å². The topological polar surface area (TPSA) is 86.8 Å². The van der Waals surface area contributed by atoms with Crippen molar-refractivity contribution >= 4 is 55.1 Å². The van der Waals surface area contributed by atoms with E-state index in [0.717, 1.165) is 28.1 Å². The van der Waals surface area contributed by atoms with Crippen molar-refractivity contribution < 1.29 is 18.0 Å². The molecule has 0 unspecified atom stereocenters. The summed E-state index contributed by atoms with van der Waals surface area (Å²) in [6, 6.07) is 22.4. The van der Waals surface area contributed by atoms with Crippen LogP contribution in [0.5, 0.6) is 0 Å². The van der Waals surface area contributed by atoms with Crippen LogP contribution in [-0.2, 0) is 32.6 Å². The number of sulfonamides is 1. The molecule has 38 heavy (non-hydrogen) atoms. The number of carbonyl (C=O) groups is 2. The lowest BCUT2D eigenvalue weighted by Gasteiger charge is -2.33. The Balaban J connectivity index is 2.04. The molecule has 3 rings (SSSR count). The van der Waals surface area contributed by atoms with Crippen molar-refractivity contribution in [3.05, 3.63) is 99.5 Å². The third kappa shape index (κ3) is 8.31. The van der Waals surface area contributed by atoms with Gasteiger partial charge in [-0.25, -0.2) is 8.42 Å². The Morgan fingerprint density at radius 3 is 2.18 bits per heavy atom. The number of anilines is 1. The molecule has 0 aliphatic heterocycles. The van der Waals surface area contributed by atoms with Gasteiger partial charge in [0.15, 0.2) is 0 Å². The van der Waals surface area contributed by atoms with E-state index in [2.05, 4.69) is 21.2 Å². The molecular weight excluding hydrogens is 590 g/mol. The maximum atomic E-state index is 14.0. The van der Waals surface area contributed by atoms with Crippen LogP contribution in [0, 0.1) is 0 Å². The van der Waals surface area contributed by atoms with Gasteiger partial charge in [0.05, 0.1) is 11.9 Å². The average molecular weight is 621 g/mol. The lowest BCUT2D eigenvalue weighted by Crippen LogP contribution is -2.53. The van der Waals surface area contributed by atoms with E-state index in [1.54, 1.807) is 48.5 Å². The number of carbonyl (C=O) groups excluding carboxylic acids is 2. The van der Waals surface area contributed by atoms with Crippen LogP contribution >= 0.6 is 27.5 Å². The summed E-state index contributed by atoms with van der Waals surface area (Å²) in [5.74, 6) is -0.807. The van der Waals surface area contributed by atoms with Crippen LogP contribution < -0.4 is 9.62 Å². The average Bonchev–Trinajstić information content (AvgIpc) is 2.89. The van der Waals surface area contributed by atoms with Crippen LogP contribution in [0.25, 0.3) is 0 Å². The second-order valence-electron chi connectivity index (χ2n) is 8.87. The number of nitrogens with zero attached hydrogens (tertiary/aromatic N) is 2. The van der Waals surface area contributed by atoms with Crippen LogP contribution in [0.15, 0.2) is 83.3 Å². The maximum absolute atomic E-state index is 14.0. The number of amides is 2. The highest BCUT2D eigenvalue weighted by Crippen LogP contribution is 2.28. The largest absolute Gasteiger partial charge is 0.354 e. The minimum atomic E-state index is -3.83. The summed E-state index contributed by atoms with van der Waals surface area (Å²) in [6.45, 7) is 2.03. The van der Waals surface area contributed by atoms with Crippen molar-refractivity contribution in [1.29, 1.82) is 0 Å². The van der Waals surface area contributed by atoms with E-state index in [-0.39, 0.29) is 18.9 Å². The first kappa shape index (κ1) is 29.7. The van der Waals surface area contributed by atoms with Crippen molar-refractivity contribution in [2.75, 3.05) is 23.7 Å². The van der Waals surface area contributed by atoms with Gasteiger partial charge in [0, 0.05) is 29.0 Å². The normalized spacial score (nSPS) is 12.0. The molecule has 1 N–H and O–H groups in total. The van der Waals surface area contributed by atoms with Crippen LogP contribution in [0.3, 0.4) is 0 Å². The molecule has 3 aromatic rings. The molecule has 0 saturated heterocycles. The predicted molar refractivity (Wildman–Crippen MR) is 156 cm³/mol. The molecule has 0 spiro atoms. The highest BCUT2D eigenvalue weighted by molar-refractivity contribution is 9.10. The first-order valence-corrected chi connectivity index (χ1v) is 15.2. The quantitative estimate of drug-likeness (QED) is 0.308. The minimum Gasteiger partial charge on any atom is -0.354 e. The van der Waals surface area contributed by atoms with Gasteiger partial charge in [-0.3, -0.25) is 13.9 Å². The minimum absolute atomic E-state index is 0.0978. The fraction of sp³-hybridized carbons (Fsp3) is 0.286. The molecule has 0 bridgehead atoms. The summed E-state index contributed by atoms with van der Waals surface area (Å²) in [7, 11) is -3.83. The van der Waals surface area contributed by atoms with E-state index >= 15 is 0 Å². The summed E-state index contributed by atoms with van der Waals surface area (Å²) in [6.07, 6.45) is 2.06. The van der Waals surface area contributed by atoms with Gasteiger partial charge in [-0.15, -0.1) is 0 Å². The fourth-order valence-electron chi connectivity index (χ4n) is 3.96. The number of nitrogens with one attached hydrogen (secondary N) is 1. The van der Waals surface area contributed by atoms with Crippen molar-refractivity contribution in [3.8, 4) is 0 Å². The summed E-state index contributed by atoms with van der Waals surface area (Å²) >= 11 is 9.46. The van der Waals surface area contributed by atoms with E-state index < -0.39 is 28.5 Å². The molecule has 0 aromatic heterocycles. The van der Waals surface area contributed by atoms with Crippen molar-refractivity contribution in [3.63, 3.8) is 0 Å². The zero-order valence-electron chi connectivity index (χ0n) is 21.3. The molecule has 0 fully saturated rings. The molecule has 0 aliphatic carbocycles. The number of rotatable bonds is 12. The van der Waals surface area contributed by atoms with Gasteiger partial charge in [-0.05, 0) is 57.7 Å². The molecule has 0 radical (unpaired) electrons. The second kappa shape index (κ2) is 13.8. The number of benzene rings is 3. The SMILES string of the molecule is CCCNC(=O)[C@@H](Cc1ccccc1)N(Cc1ccc(Cl)cc1)C(=O)CN(c1ccccc1Br)S(C)(=O)=O. The Morgan fingerprint density at radius 2 is 1.58 bits per heavy atom. The molecule has 202 valence electrons. The summed E-state index contributed by atoms with van der Waals surface area (Å²) in [4.78, 5) is 28.9. The van der Waals surface area contributed by atoms with Crippen LogP contribution in [0.4, 0.5) is 5.69 Å². The van der Waals surface area contributed by atoms with E-state index in [0.29, 0.717) is 21.7 Å². The Bertz CT molecular complexity index is 1340. The van der Waals surface area contributed by atoms with E-state index in [9.17, 15) is 18.0 Å². The summed E-state index contributed by atoms with van der Waals surface area (Å²) in [5.41, 5.74) is 1.98. The maximum Gasteiger partial charge on any atom is 0.244 e. The lowest BCUT2D eigenvalue weighted by atomic mass is 10.0. The van der Waals surface area contributed by atoms with E-state index in [4.69, 9.17) is 11.6 Å².